The number of alkyl carbamates (subject to hydrolysis) is 1. The maximum absolute atomic E-state index is 12.9. The van der Waals surface area contributed by atoms with E-state index in [2.05, 4.69) is 5.32 Å². The van der Waals surface area contributed by atoms with E-state index < -0.39 is 6.09 Å². The van der Waals surface area contributed by atoms with Crippen LogP contribution in [0, 0.1) is 12.7 Å². The zero-order chi connectivity index (χ0) is 10.1. The minimum Gasteiger partial charge on any atom is -0.447 e. The van der Waals surface area contributed by atoms with Gasteiger partial charge in [-0.15, -0.1) is 0 Å². The van der Waals surface area contributed by atoms with Gasteiger partial charge in [0.1, 0.15) is 12.4 Å². The summed E-state index contributed by atoms with van der Waals surface area (Å²) in [6, 6.07) is 4.29. The van der Waals surface area contributed by atoms with Crippen LogP contribution in [0.4, 0.5) is 9.18 Å². The second kappa shape index (κ2) is 3.29. The van der Waals surface area contributed by atoms with Crippen molar-refractivity contribution in [3.63, 3.8) is 0 Å². The zero-order valence-corrected chi connectivity index (χ0v) is 7.71. The van der Waals surface area contributed by atoms with E-state index in [-0.39, 0.29) is 18.5 Å². The highest BCUT2D eigenvalue weighted by Gasteiger charge is 2.25. The summed E-state index contributed by atoms with van der Waals surface area (Å²) in [5.41, 5.74) is 1.72. The van der Waals surface area contributed by atoms with Crippen molar-refractivity contribution in [3.8, 4) is 0 Å². The first kappa shape index (κ1) is 8.99. The highest BCUT2D eigenvalue weighted by Crippen LogP contribution is 2.22. The van der Waals surface area contributed by atoms with Crippen molar-refractivity contribution in [2.75, 3.05) is 6.61 Å². The number of aryl methyl sites for hydroxylation is 1. The van der Waals surface area contributed by atoms with Gasteiger partial charge in [-0.3, -0.25) is 0 Å². The molecule has 74 valence electrons. The first-order chi connectivity index (χ1) is 6.66. The lowest BCUT2D eigenvalue weighted by atomic mass is 10.0. The van der Waals surface area contributed by atoms with Crippen molar-refractivity contribution in [1.29, 1.82) is 0 Å². The van der Waals surface area contributed by atoms with E-state index in [1.807, 2.05) is 6.92 Å². The molecule has 4 heteroatoms. The number of nitrogens with one attached hydrogen (secondary N) is 1. The minimum atomic E-state index is -0.446. The maximum atomic E-state index is 12.9. The van der Waals surface area contributed by atoms with Gasteiger partial charge in [-0.2, -0.15) is 0 Å². The van der Waals surface area contributed by atoms with Gasteiger partial charge in [0.2, 0.25) is 0 Å². The molecule has 1 aromatic rings. The van der Waals surface area contributed by atoms with Gasteiger partial charge in [-0.05, 0) is 30.2 Å². The molecule has 0 spiro atoms. The van der Waals surface area contributed by atoms with Crippen molar-refractivity contribution >= 4 is 6.09 Å². The molecule has 2 rings (SSSR count). The molecule has 1 N–H and O–H groups in total. The van der Waals surface area contributed by atoms with E-state index in [1.165, 1.54) is 12.1 Å². The fourth-order valence-corrected chi connectivity index (χ4v) is 1.54. The standard InChI is InChI=1S/C10H10FNO2/c1-6-2-3-7(11)4-8(6)9-5-14-10(13)12-9/h2-4,9H,5H2,1H3,(H,12,13). The van der Waals surface area contributed by atoms with Crippen molar-refractivity contribution in [2.45, 2.75) is 13.0 Å². The number of ether oxygens (including phenoxy) is 1. The second-order valence-electron chi connectivity index (χ2n) is 3.30. The van der Waals surface area contributed by atoms with Gasteiger partial charge in [0, 0.05) is 0 Å². The lowest BCUT2D eigenvalue weighted by Gasteiger charge is -2.10. The number of carbonyl (C=O) groups is 1. The topological polar surface area (TPSA) is 38.3 Å². The van der Waals surface area contributed by atoms with Gasteiger partial charge in [0.25, 0.3) is 0 Å². The fraction of sp³-hybridized carbons (Fsp3) is 0.300. The van der Waals surface area contributed by atoms with Gasteiger partial charge in [0.05, 0.1) is 6.04 Å². The largest absolute Gasteiger partial charge is 0.447 e. The molecule has 0 saturated carbocycles. The van der Waals surface area contributed by atoms with Crippen molar-refractivity contribution in [2.24, 2.45) is 0 Å². The summed E-state index contributed by atoms with van der Waals surface area (Å²) < 4.78 is 17.7. The molecule has 1 aliphatic rings. The molecule has 0 aromatic heterocycles. The molecule has 1 atom stereocenters. The van der Waals surface area contributed by atoms with Crippen LogP contribution < -0.4 is 5.32 Å². The van der Waals surface area contributed by atoms with Crippen LogP contribution in [0.3, 0.4) is 0 Å². The summed E-state index contributed by atoms with van der Waals surface area (Å²) >= 11 is 0. The van der Waals surface area contributed by atoms with Gasteiger partial charge in [0.15, 0.2) is 0 Å². The number of halogens is 1. The van der Waals surface area contributed by atoms with E-state index in [0.29, 0.717) is 0 Å². The Labute approximate surface area is 80.9 Å². The van der Waals surface area contributed by atoms with Gasteiger partial charge in [-0.25, -0.2) is 9.18 Å². The summed E-state index contributed by atoms with van der Waals surface area (Å²) in [7, 11) is 0. The molecule has 1 saturated heterocycles. The minimum absolute atomic E-state index is 0.224. The highest BCUT2D eigenvalue weighted by molar-refractivity contribution is 5.70. The normalized spacial score (nSPS) is 20.4. The number of hydrogen-bond donors (Lipinski definition) is 1. The Morgan fingerprint density at radius 3 is 3.00 bits per heavy atom. The number of amides is 1. The van der Waals surface area contributed by atoms with Crippen LogP contribution in [-0.4, -0.2) is 12.7 Å². The molecule has 1 fully saturated rings. The Balaban J connectivity index is 2.31. The fourth-order valence-electron chi connectivity index (χ4n) is 1.54. The van der Waals surface area contributed by atoms with E-state index >= 15 is 0 Å². The molecule has 0 aliphatic carbocycles. The molecular weight excluding hydrogens is 185 g/mol. The van der Waals surface area contributed by atoms with E-state index in [0.717, 1.165) is 11.1 Å². The predicted molar refractivity (Wildman–Crippen MR) is 48.4 cm³/mol. The van der Waals surface area contributed by atoms with Crippen LogP contribution in [0.2, 0.25) is 0 Å². The van der Waals surface area contributed by atoms with Crippen LogP contribution >= 0.6 is 0 Å². The van der Waals surface area contributed by atoms with Crippen LogP contribution in [0.5, 0.6) is 0 Å². The average molecular weight is 195 g/mol. The van der Waals surface area contributed by atoms with E-state index in [4.69, 9.17) is 4.74 Å². The highest BCUT2D eigenvalue weighted by atomic mass is 19.1. The number of carbonyl (C=O) groups excluding carboxylic acids is 1. The SMILES string of the molecule is Cc1ccc(F)cc1C1COC(=O)N1. The number of rotatable bonds is 1. The van der Waals surface area contributed by atoms with Gasteiger partial charge < -0.3 is 10.1 Å². The Morgan fingerprint density at radius 1 is 1.57 bits per heavy atom. The first-order valence-corrected chi connectivity index (χ1v) is 4.36. The maximum Gasteiger partial charge on any atom is 0.407 e. The quantitative estimate of drug-likeness (QED) is 0.743. The predicted octanol–water partition coefficient (Wildman–Crippen LogP) is 1.92. The van der Waals surface area contributed by atoms with Gasteiger partial charge >= 0.3 is 6.09 Å². The molecule has 1 heterocycles. The molecule has 1 aliphatic heterocycles. The smallest absolute Gasteiger partial charge is 0.407 e. The molecular formula is C10H10FNO2. The summed E-state index contributed by atoms with van der Waals surface area (Å²) in [6.45, 7) is 2.14. The number of benzene rings is 1. The third-order valence-corrected chi connectivity index (χ3v) is 2.29. The Kier molecular flexibility index (Phi) is 2.11. The molecule has 1 amide bonds. The Hall–Kier alpha value is -1.58. The zero-order valence-electron chi connectivity index (χ0n) is 7.71. The van der Waals surface area contributed by atoms with Crippen LogP contribution in [0.1, 0.15) is 17.2 Å². The third kappa shape index (κ3) is 1.55. The second-order valence-corrected chi connectivity index (χ2v) is 3.30. The number of cyclic esters (lactones) is 1. The van der Waals surface area contributed by atoms with Crippen molar-refractivity contribution in [1.82, 2.24) is 5.32 Å². The monoisotopic (exact) mass is 195 g/mol. The van der Waals surface area contributed by atoms with Gasteiger partial charge in [-0.1, -0.05) is 6.07 Å². The third-order valence-electron chi connectivity index (χ3n) is 2.29. The molecule has 1 unspecified atom stereocenters. The summed E-state index contributed by atoms with van der Waals surface area (Å²) in [4.78, 5) is 10.8. The van der Waals surface area contributed by atoms with E-state index in [1.54, 1.807) is 6.07 Å². The lowest BCUT2D eigenvalue weighted by Crippen LogP contribution is -2.19. The van der Waals surface area contributed by atoms with E-state index in [9.17, 15) is 9.18 Å². The summed E-state index contributed by atoms with van der Waals surface area (Å²) in [5, 5.41) is 2.61. The summed E-state index contributed by atoms with van der Waals surface area (Å²) in [5.74, 6) is -0.299. The van der Waals surface area contributed by atoms with Crippen molar-refractivity contribution in [3.05, 3.63) is 35.1 Å². The Bertz CT molecular complexity index is 378. The van der Waals surface area contributed by atoms with Crippen LogP contribution in [0.15, 0.2) is 18.2 Å². The van der Waals surface area contributed by atoms with Crippen molar-refractivity contribution < 1.29 is 13.9 Å². The molecule has 0 bridgehead atoms. The lowest BCUT2D eigenvalue weighted by molar-refractivity contribution is 0.177. The average Bonchev–Trinajstić information content (AvgIpc) is 2.56. The molecule has 1 aromatic carbocycles. The van der Waals surface area contributed by atoms with Crippen LogP contribution in [-0.2, 0) is 4.74 Å². The molecule has 14 heavy (non-hydrogen) atoms. The molecule has 0 radical (unpaired) electrons. The first-order valence-electron chi connectivity index (χ1n) is 4.36. The Morgan fingerprint density at radius 2 is 2.36 bits per heavy atom. The molecule has 3 nitrogen and oxygen atoms in total. The summed E-state index contributed by atoms with van der Waals surface area (Å²) in [6.07, 6.45) is -0.446. The van der Waals surface area contributed by atoms with Crippen LogP contribution in [0.25, 0.3) is 0 Å². The number of hydrogen-bond acceptors (Lipinski definition) is 2.